The number of rotatable bonds is 6. The van der Waals surface area contributed by atoms with E-state index >= 15 is 0 Å². The molecule has 6 heteroatoms. The summed E-state index contributed by atoms with van der Waals surface area (Å²) in [6, 6.07) is 16.7. The van der Waals surface area contributed by atoms with E-state index in [2.05, 4.69) is 0 Å². The summed E-state index contributed by atoms with van der Waals surface area (Å²) in [5.41, 5.74) is 0.0466. The summed E-state index contributed by atoms with van der Waals surface area (Å²) in [6.45, 7) is 4.33. The molecule has 1 atom stereocenters. The molecule has 148 valence electrons. The van der Waals surface area contributed by atoms with E-state index < -0.39 is 17.5 Å². The number of carbonyl (C=O) groups excluding carboxylic acids is 2. The van der Waals surface area contributed by atoms with Crippen molar-refractivity contribution in [2.45, 2.75) is 31.7 Å². The Bertz CT molecular complexity index is 804. The van der Waals surface area contributed by atoms with Gasteiger partial charge in [0.05, 0.1) is 13.2 Å². The van der Waals surface area contributed by atoms with Crippen LogP contribution in [0.25, 0.3) is 0 Å². The molecule has 0 saturated carbocycles. The minimum Gasteiger partial charge on any atom is -0.464 e. The van der Waals surface area contributed by atoms with Gasteiger partial charge in [-0.25, -0.2) is 9.59 Å². The fourth-order valence-electron chi connectivity index (χ4n) is 3.95. The van der Waals surface area contributed by atoms with Crippen molar-refractivity contribution in [3.8, 4) is 0 Å². The van der Waals surface area contributed by atoms with E-state index in [4.69, 9.17) is 21.1 Å². The molecule has 5 nitrogen and oxygen atoms in total. The van der Waals surface area contributed by atoms with Gasteiger partial charge in [0, 0.05) is 23.2 Å². The Labute approximate surface area is 170 Å². The number of hydrogen-bond acceptors (Lipinski definition) is 5. The largest absolute Gasteiger partial charge is 0.464 e. The van der Waals surface area contributed by atoms with Crippen LogP contribution in [0.5, 0.6) is 0 Å². The van der Waals surface area contributed by atoms with E-state index in [1.807, 2.05) is 42.5 Å². The van der Waals surface area contributed by atoms with Gasteiger partial charge < -0.3 is 14.4 Å². The van der Waals surface area contributed by atoms with Crippen LogP contribution in [0.2, 0.25) is 5.02 Å². The molecule has 0 aliphatic carbocycles. The van der Waals surface area contributed by atoms with E-state index in [9.17, 15) is 9.59 Å². The number of halogens is 1. The Balaban J connectivity index is 2.19. The maximum absolute atomic E-state index is 13.3. The second-order valence-electron chi connectivity index (χ2n) is 6.59. The molecule has 1 heterocycles. The highest BCUT2D eigenvalue weighted by Crippen LogP contribution is 2.46. The van der Waals surface area contributed by atoms with Gasteiger partial charge >= 0.3 is 11.9 Å². The quantitative estimate of drug-likeness (QED) is 0.536. The summed E-state index contributed by atoms with van der Waals surface area (Å²) in [5, 5.41) is 0.584. The van der Waals surface area contributed by atoms with Crippen molar-refractivity contribution in [2.24, 2.45) is 0 Å². The smallest absolute Gasteiger partial charge is 0.344 e. The molecular formula is C22H24ClNO4. The number of esters is 2. The third-order valence-corrected chi connectivity index (χ3v) is 5.34. The number of anilines is 1. The first-order valence-corrected chi connectivity index (χ1v) is 9.86. The van der Waals surface area contributed by atoms with E-state index in [0.29, 0.717) is 18.0 Å². The Kier molecular flexibility index (Phi) is 6.25. The summed E-state index contributed by atoms with van der Waals surface area (Å²) in [6.07, 6.45) is 0.615. The van der Waals surface area contributed by atoms with Gasteiger partial charge in [-0.05, 0) is 50.1 Å². The number of hydrogen-bond donors (Lipinski definition) is 0. The molecule has 1 aliphatic heterocycles. The molecule has 0 aromatic heterocycles. The highest BCUT2D eigenvalue weighted by Gasteiger charge is 2.63. The SMILES string of the molecule is CCOC(=O)C1(C(=O)OCC)C(c2ccccc2)CCN1c1ccc(Cl)cc1. The number of benzene rings is 2. The maximum atomic E-state index is 13.3. The topological polar surface area (TPSA) is 55.8 Å². The highest BCUT2D eigenvalue weighted by atomic mass is 35.5. The predicted molar refractivity (Wildman–Crippen MR) is 109 cm³/mol. The van der Waals surface area contributed by atoms with Gasteiger partial charge in [0.1, 0.15) is 0 Å². The molecule has 0 amide bonds. The van der Waals surface area contributed by atoms with Crippen molar-refractivity contribution < 1.29 is 19.1 Å². The Hall–Kier alpha value is -2.53. The molecule has 2 aromatic rings. The fourth-order valence-corrected chi connectivity index (χ4v) is 4.08. The summed E-state index contributed by atoms with van der Waals surface area (Å²) < 4.78 is 10.8. The summed E-state index contributed by atoms with van der Waals surface area (Å²) in [4.78, 5) is 28.5. The molecule has 1 unspecified atom stereocenters. The summed E-state index contributed by atoms with van der Waals surface area (Å²) in [5.74, 6) is -1.56. The summed E-state index contributed by atoms with van der Waals surface area (Å²) in [7, 11) is 0. The monoisotopic (exact) mass is 401 g/mol. The number of carbonyl (C=O) groups is 2. The van der Waals surface area contributed by atoms with Crippen LogP contribution in [0.1, 0.15) is 31.7 Å². The van der Waals surface area contributed by atoms with Gasteiger partial charge in [-0.15, -0.1) is 0 Å². The van der Waals surface area contributed by atoms with Crippen molar-refractivity contribution in [1.82, 2.24) is 0 Å². The molecule has 0 radical (unpaired) electrons. The van der Waals surface area contributed by atoms with Crippen LogP contribution >= 0.6 is 11.6 Å². The average molecular weight is 402 g/mol. The van der Waals surface area contributed by atoms with Crippen molar-refractivity contribution in [1.29, 1.82) is 0 Å². The molecule has 3 rings (SSSR count). The molecule has 1 aliphatic rings. The van der Waals surface area contributed by atoms with Crippen LogP contribution in [-0.2, 0) is 19.1 Å². The Morgan fingerprint density at radius 1 is 1.00 bits per heavy atom. The average Bonchev–Trinajstić information content (AvgIpc) is 3.11. The van der Waals surface area contributed by atoms with E-state index in [-0.39, 0.29) is 19.1 Å². The highest BCUT2D eigenvalue weighted by molar-refractivity contribution is 6.30. The lowest BCUT2D eigenvalue weighted by atomic mass is 9.79. The first-order chi connectivity index (χ1) is 13.6. The summed E-state index contributed by atoms with van der Waals surface area (Å²) >= 11 is 6.04. The van der Waals surface area contributed by atoms with Crippen LogP contribution in [0.15, 0.2) is 54.6 Å². The molecule has 0 N–H and O–H groups in total. The lowest BCUT2D eigenvalue weighted by molar-refractivity contribution is -0.164. The lowest BCUT2D eigenvalue weighted by Crippen LogP contribution is -2.61. The third kappa shape index (κ3) is 3.47. The zero-order valence-corrected chi connectivity index (χ0v) is 16.8. The van der Waals surface area contributed by atoms with Crippen molar-refractivity contribution in [3.63, 3.8) is 0 Å². The van der Waals surface area contributed by atoms with Crippen LogP contribution in [-0.4, -0.2) is 37.2 Å². The molecule has 28 heavy (non-hydrogen) atoms. The van der Waals surface area contributed by atoms with Gasteiger partial charge in [0.2, 0.25) is 5.54 Å². The zero-order chi connectivity index (χ0) is 20.1. The molecule has 1 saturated heterocycles. The van der Waals surface area contributed by atoms with Gasteiger partial charge in [-0.2, -0.15) is 0 Å². The van der Waals surface area contributed by atoms with E-state index in [1.165, 1.54) is 0 Å². The normalized spacial score (nSPS) is 18.0. The number of ether oxygens (including phenoxy) is 2. The van der Waals surface area contributed by atoms with E-state index in [0.717, 1.165) is 11.3 Å². The van der Waals surface area contributed by atoms with Crippen molar-refractivity contribution in [2.75, 3.05) is 24.7 Å². The molecule has 0 spiro atoms. The predicted octanol–water partition coefficient (Wildman–Crippen LogP) is 4.20. The first-order valence-electron chi connectivity index (χ1n) is 9.48. The van der Waals surface area contributed by atoms with Gasteiger partial charge in [-0.1, -0.05) is 41.9 Å². The zero-order valence-electron chi connectivity index (χ0n) is 16.1. The van der Waals surface area contributed by atoms with E-state index in [1.54, 1.807) is 30.9 Å². The third-order valence-electron chi connectivity index (χ3n) is 5.08. The Morgan fingerprint density at radius 3 is 2.11 bits per heavy atom. The van der Waals surface area contributed by atoms with Crippen LogP contribution in [0.3, 0.4) is 0 Å². The molecule has 0 bridgehead atoms. The van der Waals surface area contributed by atoms with Crippen LogP contribution in [0, 0.1) is 0 Å². The second-order valence-corrected chi connectivity index (χ2v) is 7.02. The standard InChI is InChI=1S/C22H24ClNO4/c1-3-27-20(25)22(21(26)28-4-2)19(16-8-6-5-7-9-16)14-15-24(22)18-12-10-17(23)11-13-18/h5-13,19H,3-4,14-15H2,1-2H3. The van der Waals surface area contributed by atoms with Crippen LogP contribution in [0.4, 0.5) is 5.69 Å². The van der Waals surface area contributed by atoms with Crippen LogP contribution < -0.4 is 4.90 Å². The number of nitrogens with zero attached hydrogens (tertiary/aromatic N) is 1. The molecular weight excluding hydrogens is 378 g/mol. The minimum absolute atomic E-state index is 0.177. The fraction of sp³-hybridized carbons (Fsp3) is 0.364. The second kappa shape index (κ2) is 8.65. The minimum atomic E-state index is -1.58. The Morgan fingerprint density at radius 2 is 1.57 bits per heavy atom. The lowest BCUT2D eigenvalue weighted by Gasteiger charge is -2.39. The van der Waals surface area contributed by atoms with Gasteiger partial charge in [0.25, 0.3) is 0 Å². The van der Waals surface area contributed by atoms with Gasteiger partial charge in [0.15, 0.2) is 0 Å². The molecule has 2 aromatic carbocycles. The maximum Gasteiger partial charge on any atom is 0.344 e. The first kappa shape index (κ1) is 20.2. The molecule has 1 fully saturated rings. The van der Waals surface area contributed by atoms with Crippen molar-refractivity contribution >= 4 is 29.2 Å². The van der Waals surface area contributed by atoms with Gasteiger partial charge in [-0.3, -0.25) is 0 Å². The van der Waals surface area contributed by atoms with Crippen molar-refractivity contribution in [3.05, 3.63) is 65.2 Å².